The number of carbonyl (C=O) groups is 2. The third-order valence-electron chi connectivity index (χ3n) is 2.76. The molecule has 1 rings (SSSR count). The van der Waals surface area contributed by atoms with E-state index >= 15 is 0 Å². The zero-order valence-electron chi connectivity index (χ0n) is 9.62. The Morgan fingerprint density at radius 1 is 1.60 bits per heavy atom. The first-order valence-electron chi connectivity index (χ1n) is 5.41. The minimum absolute atomic E-state index is 0.0402. The van der Waals surface area contributed by atoms with Crippen LogP contribution in [0.15, 0.2) is 0 Å². The average molecular weight is 213 g/mol. The van der Waals surface area contributed by atoms with Gasteiger partial charge in [-0.25, -0.2) is 4.79 Å². The number of urea groups is 1. The summed E-state index contributed by atoms with van der Waals surface area (Å²) < 4.78 is 0. The summed E-state index contributed by atoms with van der Waals surface area (Å²) in [6, 6.07) is -0.362. The average Bonchev–Trinajstić information content (AvgIpc) is 2.26. The van der Waals surface area contributed by atoms with Crippen molar-refractivity contribution in [1.29, 1.82) is 0 Å². The summed E-state index contributed by atoms with van der Waals surface area (Å²) in [5.41, 5.74) is 0. The number of hydrogen-bond donors (Lipinski definition) is 1. The lowest BCUT2D eigenvalue weighted by Crippen LogP contribution is -2.59. The van der Waals surface area contributed by atoms with Crippen LogP contribution in [-0.4, -0.2) is 54.5 Å². The van der Waals surface area contributed by atoms with Gasteiger partial charge in [-0.05, 0) is 13.3 Å². The molecule has 0 saturated carbocycles. The minimum Gasteiger partial charge on any atom is -0.353 e. The molecule has 5 heteroatoms. The summed E-state index contributed by atoms with van der Waals surface area (Å²) in [4.78, 5) is 26.7. The van der Waals surface area contributed by atoms with Crippen molar-refractivity contribution in [3.8, 4) is 0 Å². The van der Waals surface area contributed by atoms with E-state index in [0.29, 0.717) is 26.1 Å². The Morgan fingerprint density at radius 2 is 2.27 bits per heavy atom. The van der Waals surface area contributed by atoms with E-state index in [4.69, 9.17) is 0 Å². The van der Waals surface area contributed by atoms with Crippen LogP contribution >= 0.6 is 0 Å². The molecule has 1 saturated heterocycles. The van der Waals surface area contributed by atoms with Crippen LogP contribution in [0.4, 0.5) is 4.79 Å². The number of rotatable bonds is 2. The topological polar surface area (TPSA) is 52.7 Å². The fourth-order valence-electron chi connectivity index (χ4n) is 1.70. The van der Waals surface area contributed by atoms with E-state index in [1.807, 2.05) is 13.8 Å². The van der Waals surface area contributed by atoms with Crippen molar-refractivity contribution < 1.29 is 9.59 Å². The van der Waals surface area contributed by atoms with Crippen molar-refractivity contribution in [2.45, 2.75) is 26.3 Å². The maximum atomic E-state index is 11.9. The number of piperazine rings is 1. The van der Waals surface area contributed by atoms with Gasteiger partial charge >= 0.3 is 6.03 Å². The highest BCUT2D eigenvalue weighted by atomic mass is 16.2. The van der Waals surface area contributed by atoms with Crippen LogP contribution in [0.25, 0.3) is 0 Å². The largest absolute Gasteiger partial charge is 0.353 e. The first-order valence-corrected chi connectivity index (χ1v) is 5.41. The highest BCUT2D eigenvalue weighted by Gasteiger charge is 2.32. The van der Waals surface area contributed by atoms with Crippen LogP contribution in [0.5, 0.6) is 0 Å². The number of amides is 3. The van der Waals surface area contributed by atoms with Crippen LogP contribution in [0.1, 0.15) is 20.3 Å². The maximum Gasteiger partial charge on any atom is 0.320 e. The van der Waals surface area contributed by atoms with Gasteiger partial charge in [-0.15, -0.1) is 0 Å². The molecule has 0 aromatic carbocycles. The molecule has 1 aliphatic rings. The zero-order chi connectivity index (χ0) is 11.4. The quantitative estimate of drug-likeness (QED) is 0.715. The van der Waals surface area contributed by atoms with Crippen molar-refractivity contribution in [2.75, 3.05) is 26.7 Å². The lowest BCUT2D eigenvalue weighted by Gasteiger charge is -2.36. The summed E-state index contributed by atoms with van der Waals surface area (Å²) >= 11 is 0. The predicted octanol–water partition coefficient (Wildman–Crippen LogP) is 0.269. The highest BCUT2D eigenvalue weighted by Crippen LogP contribution is 2.10. The van der Waals surface area contributed by atoms with Gasteiger partial charge in [0.1, 0.15) is 6.04 Å². The minimum atomic E-state index is -0.305. The van der Waals surface area contributed by atoms with E-state index in [-0.39, 0.29) is 18.0 Å². The summed E-state index contributed by atoms with van der Waals surface area (Å²) in [6.45, 7) is 5.66. The Labute approximate surface area is 90.4 Å². The summed E-state index contributed by atoms with van der Waals surface area (Å²) in [7, 11) is 1.75. The molecule has 0 radical (unpaired) electrons. The second kappa shape index (κ2) is 5.00. The number of hydrogen-bond acceptors (Lipinski definition) is 2. The molecule has 1 unspecified atom stereocenters. The highest BCUT2D eigenvalue weighted by molar-refractivity contribution is 5.88. The lowest BCUT2D eigenvalue weighted by molar-refractivity contribution is -0.127. The van der Waals surface area contributed by atoms with Crippen molar-refractivity contribution in [3.05, 3.63) is 0 Å². The van der Waals surface area contributed by atoms with Crippen molar-refractivity contribution >= 4 is 11.9 Å². The van der Waals surface area contributed by atoms with Gasteiger partial charge in [0.2, 0.25) is 5.91 Å². The van der Waals surface area contributed by atoms with Crippen molar-refractivity contribution in [3.63, 3.8) is 0 Å². The van der Waals surface area contributed by atoms with E-state index in [9.17, 15) is 9.59 Å². The SMILES string of the molecule is CCC1C(=O)NCCN1C(=O)N(C)CC. The van der Waals surface area contributed by atoms with Gasteiger partial charge in [-0.1, -0.05) is 6.92 Å². The van der Waals surface area contributed by atoms with Gasteiger partial charge in [0.15, 0.2) is 0 Å². The van der Waals surface area contributed by atoms with E-state index in [1.165, 1.54) is 0 Å². The Balaban J connectivity index is 2.73. The van der Waals surface area contributed by atoms with Gasteiger partial charge in [0.05, 0.1) is 0 Å². The van der Waals surface area contributed by atoms with E-state index in [0.717, 1.165) is 0 Å². The van der Waals surface area contributed by atoms with Crippen molar-refractivity contribution in [1.82, 2.24) is 15.1 Å². The molecule has 1 N–H and O–H groups in total. The van der Waals surface area contributed by atoms with Crippen LogP contribution in [0.2, 0.25) is 0 Å². The second-order valence-electron chi connectivity index (χ2n) is 3.71. The van der Waals surface area contributed by atoms with Gasteiger partial charge in [-0.2, -0.15) is 0 Å². The van der Waals surface area contributed by atoms with Crippen LogP contribution in [-0.2, 0) is 4.79 Å². The smallest absolute Gasteiger partial charge is 0.320 e. The molecule has 5 nitrogen and oxygen atoms in total. The molecule has 15 heavy (non-hydrogen) atoms. The van der Waals surface area contributed by atoms with Gasteiger partial charge in [-0.3, -0.25) is 4.79 Å². The first kappa shape index (κ1) is 11.8. The molecular weight excluding hydrogens is 194 g/mol. The molecule has 1 aliphatic heterocycles. The molecule has 0 aromatic rings. The van der Waals surface area contributed by atoms with E-state index in [1.54, 1.807) is 16.8 Å². The Morgan fingerprint density at radius 3 is 2.80 bits per heavy atom. The Hall–Kier alpha value is -1.26. The third-order valence-corrected chi connectivity index (χ3v) is 2.76. The van der Waals surface area contributed by atoms with Crippen molar-refractivity contribution in [2.24, 2.45) is 0 Å². The molecule has 3 amide bonds. The van der Waals surface area contributed by atoms with E-state index < -0.39 is 0 Å². The zero-order valence-corrected chi connectivity index (χ0v) is 9.62. The Kier molecular flexibility index (Phi) is 3.94. The third kappa shape index (κ3) is 2.40. The lowest BCUT2D eigenvalue weighted by atomic mass is 10.1. The predicted molar refractivity (Wildman–Crippen MR) is 57.5 cm³/mol. The molecule has 0 bridgehead atoms. The fraction of sp³-hybridized carbons (Fsp3) is 0.800. The van der Waals surface area contributed by atoms with E-state index in [2.05, 4.69) is 5.32 Å². The molecule has 1 atom stereocenters. The fourth-order valence-corrected chi connectivity index (χ4v) is 1.70. The summed E-state index contributed by atoms with van der Waals surface area (Å²) in [5.74, 6) is -0.0402. The molecule has 0 aromatic heterocycles. The van der Waals surface area contributed by atoms with Gasteiger partial charge in [0.25, 0.3) is 0 Å². The van der Waals surface area contributed by atoms with Crippen LogP contribution < -0.4 is 5.32 Å². The molecule has 86 valence electrons. The molecular formula is C10H19N3O2. The number of carbonyl (C=O) groups excluding carboxylic acids is 2. The Bertz CT molecular complexity index is 255. The van der Waals surface area contributed by atoms with Gasteiger partial charge in [0, 0.05) is 26.7 Å². The van der Waals surface area contributed by atoms with Crippen LogP contribution in [0.3, 0.4) is 0 Å². The number of nitrogens with zero attached hydrogens (tertiary/aromatic N) is 2. The molecule has 0 aliphatic carbocycles. The standard InChI is InChI=1S/C10H19N3O2/c1-4-8-9(14)11-6-7-13(8)10(15)12(3)5-2/h8H,4-7H2,1-3H3,(H,11,14). The maximum absolute atomic E-state index is 11.9. The number of nitrogens with one attached hydrogen (secondary N) is 1. The molecule has 0 spiro atoms. The normalized spacial score (nSPS) is 21.1. The first-order chi connectivity index (χ1) is 7.11. The molecule has 1 heterocycles. The second-order valence-corrected chi connectivity index (χ2v) is 3.71. The van der Waals surface area contributed by atoms with Crippen LogP contribution in [0, 0.1) is 0 Å². The molecule has 1 fully saturated rings. The summed E-state index contributed by atoms with van der Waals surface area (Å²) in [5, 5.41) is 2.77. The monoisotopic (exact) mass is 213 g/mol. The van der Waals surface area contributed by atoms with Gasteiger partial charge < -0.3 is 15.1 Å². The summed E-state index contributed by atoms with van der Waals surface area (Å²) in [6.07, 6.45) is 0.662.